The van der Waals surface area contributed by atoms with E-state index in [4.69, 9.17) is 4.52 Å². The van der Waals surface area contributed by atoms with E-state index in [0.29, 0.717) is 17.6 Å². The zero-order valence-corrected chi connectivity index (χ0v) is 10.5. The zero-order valence-electron chi connectivity index (χ0n) is 10.5. The van der Waals surface area contributed by atoms with Crippen molar-refractivity contribution in [1.29, 1.82) is 0 Å². The van der Waals surface area contributed by atoms with Gasteiger partial charge in [0.25, 0.3) is 5.56 Å². The van der Waals surface area contributed by atoms with Crippen molar-refractivity contribution < 1.29 is 4.52 Å². The molecule has 0 atom stereocenters. The van der Waals surface area contributed by atoms with Crippen LogP contribution in [-0.2, 0) is 6.67 Å². The molecule has 2 heterocycles. The van der Waals surface area contributed by atoms with Crippen molar-refractivity contribution in [2.24, 2.45) is 0 Å². The monoisotopic (exact) mass is 247 g/mol. The first kappa shape index (κ1) is 11.5. The number of benzene rings is 1. The predicted molar refractivity (Wildman–Crippen MR) is 69.5 cm³/mol. The molecule has 3 rings (SSSR count). The van der Waals surface area contributed by atoms with Crippen LogP contribution in [0.25, 0.3) is 11.0 Å². The van der Waals surface area contributed by atoms with Crippen LogP contribution in [0.5, 0.6) is 0 Å². The second-order valence-electron chi connectivity index (χ2n) is 4.83. The summed E-state index contributed by atoms with van der Waals surface area (Å²) in [5.74, 6) is 0. The second-order valence-corrected chi connectivity index (χ2v) is 4.83. The summed E-state index contributed by atoms with van der Waals surface area (Å²) < 4.78 is 7.03. The Balaban J connectivity index is 1.82. The first-order valence-corrected chi connectivity index (χ1v) is 6.24. The van der Waals surface area contributed by atoms with Gasteiger partial charge >= 0.3 is 0 Å². The minimum atomic E-state index is -0.0375. The number of piperazine rings is 1. The smallest absolute Gasteiger partial charge is 0.291 e. The van der Waals surface area contributed by atoms with Crippen LogP contribution in [0.2, 0.25) is 0 Å². The molecule has 96 valence electrons. The third-order valence-corrected chi connectivity index (χ3v) is 3.48. The molecule has 0 unspecified atom stereocenters. The molecule has 5 heteroatoms. The number of hydrogen-bond donors (Lipinski definition) is 0. The lowest BCUT2D eigenvalue weighted by Crippen LogP contribution is -2.45. The largest absolute Gasteiger partial charge is 0.374 e. The third kappa shape index (κ3) is 2.07. The van der Waals surface area contributed by atoms with Crippen molar-refractivity contribution in [3.8, 4) is 0 Å². The summed E-state index contributed by atoms with van der Waals surface area (Å²) in [6.07, 6.45) is 0. The van der Waals surface area contributed by atoms with Crippen molar-refractivity contribution in [2.45, 2.75) is 6.67 Å². The number of aromatic nitrogens is 1. The fourth-order valence-corrected chi connectivity index (χ4v) is 2.28. The zero-order chi connectivity index (χ0) is 12.5. The van der Waals surface area contributed by atoms with E-state index in [2.05, 4.69) is 16.8 Å². The Labute approximate surface area is 105 Å². The second kappa shape index (κ2) is 4.59. The van der Waals surface area contributed by atoms with Crippen molar-refractivity contribution in [3.05, 3.63) is 34.6 Å². The fourth-order valence-electron chi connectivity index (χ4n) is 2.28. The van der Waals surface area contributed by atoms with Gasteiger partial charge in [0.05, 0.1) is 5.39 Å². The molecule has 1 aliphatic rings. The Morgan fingerprint density at radius 2 is 1.89 bits per heavy atom. The number of para-hydroxylation sites is 1. The average molecular weight is 247 g/mol. The van der Waals surface area contributed by atoms with Gasteiger partial charge < -0.3 is 9.42 Å². The molecule has 0 bridgehead atoms. The molecule has 1 aromatic carbocycles. The Hall–Kier alpha value is -1.59. The standard InChI is InChI=1S/C13H17N3O2/c1-14-6-8-15(9-7-14)10-16-13(17)11-4-2-3-5-12(11)18-16/h2-5H,6-10H2,1H3. The third-order valence-electron chi connectivity index (χ3n) is 3.48. The number of rotatable bonds is 2. The summed E-state index contributed by atoms with van der Waals surface area (Å²) >= 11 is 0. The maximum absolute atomic E-state index is 12.1. The highest BCUT2D eigenvalue weighted by molar-refractivity contribution is 5.75. The molecule has 0 saturated carbocycles. The topological polar surface area (TPSA) is 41.6 Å². The van der Waals surface area contributed by atoms with Crippen molar-refractivity contribution in [2.75, 3.05) is 33.2 Å². The molecule has 1 fully saturated rings. The predicted octanol–water partition coefficient (Wildman–Crippen LogP) is 0.799. The minimum absolute atomic E-state index is 0.0375. The normalized spacial score (nSPS) is 18.5. The lowest BCUT2D eigenvalue weighted by Gasteiger charge is -2.31. The van der Waals surface area contributed by atoms with Crippen molar-refractivity contribution in [1.82, 2.24) is 14.5 Å². The summed E-state index contributed by atoms with van der Waals surface area (Å²) in [4.78, 5) is 16.6. The first-order valence-electron chi connectivity index (χ1n) is 6.24. The summed E-state index contributed by atoms with van der Waals surface area (Å²) in [5.41, 5.74) is 0.626. The number of hydrogen-bond acceptors (Lipinski definition) is 4. The highest BCUT2D eigenvalue weighted by Crippen LogP contribution is 2.10. The molecule has 0 N–H and O–H groups in total. The Morgan fingerprint density at radius 3 is 2.61 bits per heavy atom. The Kier molecular flexibility index (Phi) is 2.93. The van der Waals surface area contributed by atoms with Crippen molar-refractivity contribution >= 4 is 11.0 Å². The molecule has 0 radical (unpaired) electrons. The van der Waals surface area contributed by atoms with Crippen LogP contribution < -0.4 is 5.56 Å². The first-order chi connectivity index (χ1) is 8.74. The van der Waals surface area contributed by atoms with Gasteiger partial charge in [-0.25, -0.2) is 0 Å². The van der Waals surface area contributed by atoms with E-state index in [9.17, 15) is 4.79 Å². The fraction of sp³-hybridized carbons (Fsp3) is 0.462. The van der Waals surface area contributed by atoms with Crippen LogP contribution in [0.3, 0.4) is 0 Å². The molecule has 1 aromatic heterocycles. The van der Waals surface area contributed by atoms with Gasteiger partial charge in [0.15, 0.2) is 5.58 Å². The lowest BCUT2D eigenvalue weighted by molar-refractivity contribution is 0.0847. The van der Waals surface area contributed by atoms with E-state index in [-0.39, 0.29) is 5.56 Å². The maximum Gasteiger partial charge on any atom is 0.291 e. The number of nitrogens with zero attached hydrogens (tertiary/aromatic N) is 3. The Morgan fingerprint density at radius 1 is 1.17 bits per heavy atom. The van der Waals surface area contributed by atoms with E-state index >= 15 is 0 Å². The molecule has 5 nitrogen and oxygen atoms in total. The summed E-state index contributed by atoms with van der Waals surface area (Å²) in [5, 5.41) is 0.659. The average Bonchev–Trinajstić information content (AvgIpc) is 2.70. The van der Waals surface area contributed by atoms with Crippen LogP contribution >= 0.6 is 0 Å². The van der Waals surface area contributed by atoms with Crippen LogP contribution in [0.1, 0.15) is 0 Å². The number of fused-ring (bicyclic) bond motifs is 1. The van der Waals surface area contributed by atoms with E-state index < -0.39 is 0 Å². The van der Waals surface area contributed by atoms with E-state index in [1.807, 2.05) is 24.3 Å². The highest BCUT2D eigenvalue weighted by atomic mass is 16.5. The SMILES string of the molecule is CN1CCN(Cn2oc3ccccc3c2=O)CC1. The van der Waals surface area contributed by atoms with Gasteiger partial charge in [-0.2, -0.15) is 4.74 Å². The molecule has 18 heavy (non-hydrogen) atoms. The Bertz CT molecular complexity index is 594. The van der Waals surface area contributed by atoms with Gasteiger partial charge in [-0.15, -0.1) is 0 Å². The van der Waals surface area contributed by atoms with E-state index in [1.165, 1.54) is 4.74 Å². The quantitative estimate of drug-likeness (QED) is 0.787. The molecule has 1 saturated heterocycles. The molecule has 0 amide bonds. The summed E-state index contributed by atoms with van der Waals surface area (Å²) in [6.45, 7) is 4.56. The van der Waals surface area contributed by atoms with Gasteiger partial charge in [0, 0.05) is 26.2 Å². The maximum atomic E-state index is 12.1. The molecule has 1 aliphatic heterocycles. The molecular weight excluding hydrogens is 230 g/mol. The number of likely N-dealkylation sites (N-methyl/N-ethyl adjacent to an activating group) is 1. The molecule has 0 aliphatic carbocycles. The van der Waals surface area contributed by atoms with Crippen molar-refractivity contribution in [3.63, 3.8) is 0 Å². The van der Waals surface area contributed by atoms with Gasteiger partial charge in [-0.3, -0.25) is 9.69 Å². The molecule has 0 spiro atoms. The molecular formula is C13H17N3O2. The lowest BCUT2D eigenvalue weighted by atomic mass is 10.3. The van der Waals surface area contributed by atoms with Crippen LogP contribution in [-0.4, -0.2) is 47.8 Å². The van der Waals surface area contributed by atoms with Gasteiger partial charge in [0.2, 0.25) is 0 Å². The van der Waals surface area contributed by atoms with E-state index in [1.54, 1.807) is 0 Å². The van der Waals surface area contributed by atoms with Gasteiger partial charge in [-0.1, -0.05) is 12.1 Å². The van der Waals surface area contributed by atoms with Crippen LogP contribution in [0, 0.1) is 0 Å². The van der Waals surface area contributed by atoms with Crippen LogP contribution in [0.15, 0.2) is 33.6 Å². The van der Waals surface area contributed by atoms with Gasteiger partial charge in [-0.05, 0) is 19.2 Å². The summed E-state index contributed by atoms with van der Waals surface area (Å²) in [7, 11) is 2.12. The van der Waals surface area contributed by atoms with E-state index in [0.717, 1.165) is 26.2 Å². The van der Waals surface area contributed by atoms with Gasteiger partial charge in [0.1, 0.15) is 6.67 Å². The van der Waals surface area contributed by atoms with Crippen LogP contribution in [0.4, 0.5) is 0 Å². The molecule has 2 aromatic rings. The highest BCUT2D eigenvalue weighted by Gasteiger charge is 2.16. The summed E-state index contributed by atoms with van der Waals surface area (Å²) in [6, 6.07) is 7.38. The minimum Gasteiger partial charge on any atom is -0.374 e.